The summed E-state index contributed by atoms with van der Waals surface area (Å²) < 4.78 is 6.24. The molecule has 1 fully saturated rings. The smallest absolute Gasteiger partial charge is 0.0681 e. The average Bonchev–Trinajstić information content (AvgIpc) is 2.20. The van der Waals surface area contributed by atoms with E-state index in [-0.39, 0.29) is 10.8 Å². The van der Waals surface area contributed by atoms with Crippen molar-refractivity contribution in [2.45, 2.75) is 73.8 Å². The van der Waals surface area contributed by atoms with Gasteiger partial charge in [0.15, 0.2) is 0 Å². The fraction of sp³-hybridized carbons (Fsp3) is 0.882. The lowest BCUT2D eigenvalue weighted by molar-refractivity contribution is -0.128. The molecule has 0 unspecified atom stereocenters. The summed E-state index contributed by atoms with van der Waals surface area (Å²) in [4.78, 5) is 0. The third-order valence-corrected chi connectivity index (χ3v) is 4.38. The maximum Gasteiger partial charge on any atom is 0.0681 e. The van der Waals surface area contributed by atoms with Gasteiger partial charge in [-0.15, -0.1) is 0 Å². The summed E-state index contributed by atoms with van der Waals surface area (Å²) >= 11 is 0. The van der Waals surface area contributed by atoms with Gasteiger partial charge in [-0.25, -0.2) is 0 Å². The molecule has 0 aromatic rings. The molecule has 0 aromatic carbocycles. The summed E-state index contributed by atoms with van der Waals surface area (Å²) in [5.74, 6) is 0.860. The van der Waals surface area contributed by atoms with E-state index in [9.17, 15) is 0 Å². The number of ether oxygens (including phenoxy) is 1. The molecule has 1 heteroatoms. The maximum atomic E-state index is 6.24. The Morgan fingerprint density at radius 1 is 1.11 bits per heavy atom. The SMILES string of the molecule is CCC1CC(C)(C)C(OCC=C(C)C)C(C)(C)C1. The van der Waals surface area contributed by atoms with Gasteiger partial charge >= 0.3 is 0 Å². The molecule has 0 aromatic heterocycles. The molecule has 0 heterocycles. The van der Waals surface area contributed by atoms with E-state index in [1.165, 1.54) is 24.8 Å². The minimum absolute atomic E-state index is 0.290. The highest BCUT2D eigenvalue weighted by atomic mass is 16.5. The standard InChI is InChI=1S/C17H32O/c1-8-14-11-16(4,5)15(17(6,7)12-14)18-10-9-13(2)3/h9,14-15H,8,10-12H2,1-7H3. The van der Waals surface area contributed by atoms with E-state index in [4.69, 9.17) is 4.74 Å². The van der Waals surface area contributed by atoms with Crippen LogP contribution in [0.15, 0.2) is 11.6 Å². The molecule has 106 valence electrons. The van der Waals surface area contributed by atoms with Gasteiger partial charge in [0.1, 0.15) is 0 Å². The molecule has 0 spiro atoms. The predicted molar refractivity (Wildman–Crippen MR) is 79.7 cm³/mol. The Kier molecular flexibility index (Phi) is 5.05. The molecule has 0 radical (unpaired) electrons. The maximum absolute atomic E-state index is 6.24. The van der Waals surface area contributed by atoms with Crippen molar-refractivity contribution in [3.05, 3.63) is 11.6 Å². The lowest BCUT2D eigenvalue weighted by Crippen LogP contribution is -2.49. The van der Waals surface area contributed by atoms with Gasteiger partial charge in [0.2, 0.25) is 0 Å². The van der Waals surface area contributed by atoms with Crippen LogP contribution in [0.5, 0.6) is 0 Å². The molecule has 0 bridgehead atoms. The van der Waals surface area contributed by atoms with E-state index in [1.54, 1.807) is 0 Å². The monoisotopic (exact) mass is 252 g/mol. The third kappa shape index (κ3) is 3.85. The van der Waals surface area contributed by atoms with E-state index in [1.807, 2.05) is 0 Å². The van der Waals surface area contributed by atoms with Crippen molar-refractivity contribution in [1.29, 1.82) is 0 Å². The molecule has 0 amide bonds. The van der Waals surface area contributed by atoms with Crippen LogP contribution in [0.25, 0.3) is 0 Å². The molecule has 1 rings (SSSR count). The average molecular weight is 252 g/mol. The summed E-state index contributed by atoms with van der Waals surface area (Å²) in [5, 5.41) is 0. The Hall–Kier alpha value is -0.300. The molecule has 0 saturated heterocycles. The summed E-state index contributed by atoms with van der Waals surface area (Å²) in [6, 6.07) is 0. The van der Waals surface area contributed by atoms with E-state index >= 15 is 0 Å². The van der Waals surface area contributed by atoms with Crippen LogP contribution < -0.4 is 0 Å². The number of rotatable bonds is 4. The van der Waals surface area contributed by atoms with E-state index in [0.29, 0.717) is 6.10 Å². The number of hydrogen-bond donors (Lipinski definition) is 0. The molecule has 18 heavy (non-hydrogen) atoms. The predicted octanol–water partition coefficient (Wildman–Crippen LogP) is 5.21. The summed E-state index contributed by atoms with van der Waals surface area (Å²) in [7, 11) is 0. The van der Waals surface area contributed by atoms with Gasteiger partial charge < -0.3 is 4.74 Å². The Morgan fingerprint density at radius 3 is 2.00 bits per heavy atom. The van der Waals surface area contributed by atoms with Crippen molar-refractivity contribution < 1.29 is 4.74 Å². The first kappa shape index (κ1) is 15.8. The second-order valence-electron chi connectivity index (χ2n) is 7.65. The Morgan fingerprint density at radius 2 is 1.61 bits per heavy atom. The fourth-order valence-electron chi connectivity index (χ4n) is 3.88. The zero-order valence-electron chi connectivity index (χ0n) is 13.5. The van der Waals surface area contributed by atoms with Crippen molar-refractivity contribution >= 4 is 0 Å². The molecule has 0 N–H and O–H groups in total. The number of hydrogen-bond acceptors (Lipinski definition) is 1. The molecule has 1 aliphatic carbocycles. The molecule has 0 atom stereocenters. The van der Waals surface area contributed by atoms with Gasteiger partial charge in [0, 0.05) is 0 Å². The normalized spacial score (nSPS) is 29.9. The lowest BCUT2D eigenvalue weighted by Gasteiger charge is -2.51. The Labute approximate surface area is 114 Å². The molecule has 1 nitrogen and oxygen atoms in total. The van der Waals surface area contributed by atoms with Crippen LogP contribution in [0.4, 0.5) is 0 Å². The molecular formula is C17H32O. The highest BCUT2D eigenvalue weighted by Crippen LogP contribution is 2.50. The van der Waals surface area contributed by atoms with Gasteiger partial charge in [-0.05, 0) is 43.4 Å². The first-order valence-electron chi connectivity index (χ1n) is 7.44. The lowest BCUT2D eigenvalue weighted by atomic mass is 9.59. The molecule has 1 saturated carbocycles. The zero-order chi connectivity index (χ0) is 14.0. The quantitative estimate of drug-likeness (QED) is 0.624. The van der Waals surface area contributed by atoms with Crippen molar-refractivity contribution in [3.8, 4) is 0 Å². The van der Waals surface area contributed by atoms with Crippen molar-refractivity contribution in [1.82, 2.24) is 0 Å². The van der Waals surface area contributed by atoms with Crippen molar-refractivity contribution in [2.75, 3.05) is 6.61 Å². The van der Waals surface area contributed by atoms with Crippen LogP contribution in [0.2, 0.25) is 0 Å². The Bertz CT molecular complexity index is 277. The van der Waals surface area contributed by atoms with Gasteiger partial charge in [-0.3, -0.25) is 0 Å². The summed E-state index contributed by atoms with van der Waals surface area (Å²) in [6.07, 6.45) is 6.45. The third-order valence-electron chi connectivity index (χ3n) is 4.38. The van der Waals surface area contributed by atoms with Crippen LogP contribution in [0.1, 0.15) is 67.7 Å². The van der Waals surface area contributed by atoms with Gasteiger partial charge in [-0.1, -0.05) is 52.7 Å². The Balaban J connectivity index is 2.77. The first-order chi connectivity index (χ1) is 8.19. The largest absolute Gasteiger partial charge is 0.373 e. The van der Waals surface area contributed by atoms with Crippen LogP contribution in [0.3, 0.4) is 0 Å². The second-order valence-corrected chi connectivity index (χ2v) is 7.65. The fourth-order valence-corrected chi connectivity index (χ4v) is 3.88. The highest BCUT2D eigenvalue weighted by Gasteiger charge is 2.47. The van der Waals surface area contributed by atoms with Gasteiger partial charge in [-0.2, -0.15) is 0 Å². The number of allylic oxidation sites excluding steroid dienone is 1. The van der Waals surface area contributed by atoms with Crippen LogP contribution in [-0.4, -0.2) is 12.7 Å². The van der Waals surface area contributed by atoms with Gasteiger partial charge in [0.25, 0.3) is 0 Å². The van der Waals surface area contributed by atoms with Crippen LogP contribution in [-0.2, 0) is 4.74 Å². The summed E-state index contributed by atoms with van der Waals surface area (Å²) in [6.45, 7) is 16.9. The van der Waals surface area contributed by atoms with Crippen molar-refractivity contribution in [3.63, 3.8) is 0 Å². The summed E-state index contributed by atoms with van der Waals surface area (Å²) in [5.41, 5.74) is 1.92. The van der Waals surface area contributed by atoms with Gasteiger partial charge in [0.05, 0.1) is 12.7 Å². The van der Waals surface area contributed by atoms with E-state index in [0.717, 1.165) is 12.5 Å². The molecule has 0 aliphatic heterocycles. The van der Waals surface area contributed by atoms with Crippen LogP contribution in [0, 0.1) is 16.7 Å². The highest BCUT2D eigenvalue weighted by molar-refractivity contribution is 4.99. The van der Waals surface area contributed by atoms with E-state index < -0.39 is 0 Å². The topological polar surface area (TPSA) is 9.23 Å². The zero-order valence-corrected chi connectivity index (χ0v) is 13.5. The minimum atomic E-state index is 0.290. The minimum Gasteiger partial charge on any atom is -0.373 e. The first-order valence-corrected chi connectivity index (χ1v) is 7.44. The van der Waals surface area contributed by atoms with Crippen molar-refractivity contribution in [2.24, 2.45) is 16.7 Å². The molecular weight excluding hydrogens is 220 g/mol. The van der Waals surface area contributed by atoms with Crippen LogP contribution >= 0.6 is 0 Å². The second kappa shape index (κ2) is 5.77. The van der Waals surface area contributed by atoms with E-state index in [2.05, 4.69) is 54.5 Å². The molecule has 1 aliphatic rings.